The summed E-state index contributed by atoms with van der Waals surface area (Å²) in [6, 6.07) is 10.3. The number of hydrogen-bond donors (Lipinski definition) is 2. The summed E-state index contributed by atoms with van der Waals surface area (Å²) in [6.45, 7) is -0.407. The molecule has 1 atom stereocenters. The molecular formula is C20H23N2O8-. The van der Waals surface area contributed by atoms with Gasteiger partial charge in [-0.25, -0.2) is 9.59 Å². The SMILES string of the molecule is COc1cc(COC(=O)N(C)C(Cc2ccccc2)C(=O)O)c(N([O-])O)cc1OC. The summed E-state index contributed by atoms with van der Waals surface area (Å²) in [4.78, 5) is 25.1. The fourth-order valence-corrected chi connectivity index (χ4v) is 2.80. The second-order valence-electron chi connectivity index (χ2n) is 6.32. The molecule has 0 aromatic heterocycles. The molecule has 30 heavy (non-hydrogen) atoms. The zero-order valence-corrected chi connectivity index (χ0v) is 16.8. The lowest BCUT2D eigenvalue weighted by Gasteiger charge is -2.27. The number of hydrogen-bond acceptors (Lipinski definition) is 8. The molecule has 10 heteroatoms. The third-order valence-corrected chi connectivity index (χ3v) is 4.45. The molecule has 0 saturated carbocycles. The van der Waals surface area contributed by atoms with Crippen molar-refractivity contribution in [2.24, 2.45) is 0 Å². The fraction of sp³-hybridized carbons (Fsp3) is 0.300. The molecule has 0 aliphatic rings. The first-order chi connectivity index (χ1) is 14.3. The van der Waals surface area contributed by atoms with Crippen LogP contribution in [-0.2, 0) is 22.6 Å². The number of benzene rings is 2. The molecule has 0 aliphatic carbocycles. The Kier molecular flexibility index (Phi) is 7.84. The molecule has 0 heterocycles. The topological polar surface area (TPSA) is 132 Å². The minimum atomic E-state index is -1.19. The van der Waals surface area contributed by atoms with Crippen LogP contribution in [0.5, 0.6) is 11.5 Å². The molecule has 1 unspecified atom stereocenters. The molecule has 0 spiro atoms. The predicted octanol–water partition coefficient (Wildman–Crippen LogP) is 2.66. The normalized spacial score (nSPS) is 11.4. The summed E-state index contributed by atoms with van der Waals surface area (Å²) in [5.74, 6) is -0.732. The van der Waals surface area contributed by atoms with Gasteiger partial charge in [0.25, 0.3) is 0 Å². The van der Waals surface area contributed by atoms with Crippen LogP contribution in [0.1, 0.15) is 11.1 Å². The average Bonchev–Trinajstić information content (AvgIpc) is 2.74. The van der Waals surface area contributed by atoms with Crippen LogP contribution in [0.2, 0.25) is 0 Å². The van der Waals surface area contributed by atoms with Crippen molar-refractivity contribution in [3.8, 4) is 11.5 Å². The van der Waals surface area contributed by atoms with Crippen LogP contribution in [0.25, 0.3) is 0 Å². The molecule has 0 aliphatic heterocycles. The van der Waals surface area contributed by atoms with Crippen LogP contribution in [0.3, 0.4) is 0 Å². The molecule has 2 aromatic carbocycles. The Morgan fingerprint density at radius 2 is 1.70 bits per heavy atom. The molecule has 2 N–H and O–H groups in total. The summed E-state index contributed by atoms with van der Waals surface area (Å²) in [7, 11) is 4.06. The number of carboxylic acids is 1. The first-order valence-corrected chi connectivity index (χ1v) is 8.85. The minimum absolute atomic E-state index is 0.0916. The smallest absolute Gasteiger partial charge is 0.410 e. The maximum absolute atomic E-state index is 12.4. The maximum atomic E-state index is 12.4. The van der Waals surface area contributed by atoms with Crippen LogP contribution in [0.15, 0.2) is 42.5 Å². The van der Waals surface area contributed by atoms with Crippen LogP contribution in [0.4, 0.5) is 10.5 Å². The van der Waals surface area contributed by atoms with E-state index in [4.69, 9.17) is 14.2 Å². The highest BCUT2D eigenvalue weighted by Gasteiger charge is 2.28. The Balaban J connectivity index is 2.15. The van der Waals surface area contributed by atoms with E-state index in [9.17, 15) is 25.1 Å². The number of nitrogens with zero attached hydrogens (tertiary/aromatic N) is 2. The summed E-state index contributed by atoms with van der Waals surface area (Å²) < 4.78 is 15.4. The van der Waals surface area contributed by atoms with Crippen molar-refractivity contribution in [2.75, 3.05) is 26.5 Å². The lowest BCUT2D eigenvalue weighted by Crippen LogP contribution is -2.44. The van der Waals surface area contributed by atoms with E-state index in [1.165, 1.54) is 33.4 Å². The Labute approximate surface area is 173 Å². The van der Waals surface area contributed by atoms with Crippen molar-refractivity contribution in [2.45, 2.75) is 19.1 Å². The molecule has 2 rings (SSSR count). The third kappa shape index (κ3) is 5.52. The summed E-state index contributed by atoms with van der Waals surface area (Å²) in [5, 5.41) is 29.9. The van der Waals surface area contributed by atoms with Crippen LogP contribution in [-0.4, -0.2) is 54.6 Å². The van der Waals surface area contributed by atoms with E-state index in [0.717, 1.165) is 10.5 Å². The first kappa shape index (κ1) is 22.8. The Bertz CT molecular complexity index is 873. The predicted molar refractivity (Wildman–Crippen MR) is 107 cm³/mol. The number of carbonyl (C=O) groups is 2. The summed E-state index contributed by atoms with van der Waals surface area (Å²) >= 11 is 0. The van der Waals surface area contributed by atoms with E-state index in [-0.39, 0.29) is 34.4 Å². The van der Waals surface area contributed by atoms with Gasteiger partial charge in [-0.15, -0.1) is 0 Å². The van der Waals surface area contributed by atoms with E-state index >= 15 is 0 Å². The van der Waals surface area contributed by atoms with E-state index < -0.39 is 24.7 Å². The fourth-order valence-electron chi connectivity index (χ4n) is 2.80. The first-order valence-electron chi connectivity index (χ1n) is 8.85. The minimum Gasteiger partial charge on any atom is -0.733 e. The number of aliphatic carboxylic acids is 1. The number of carbonyl (C=O) groups excluding carboxylic acids is 1. The van der Waals surface area contributed by atoms with E-state index in [0.29, 0.717) is 0 Å². The van der Waals surface area contributed by atoms with Crippen molar-refractivity contribution in [3.05, 3.63) is 58.8 Å². The van der Waals surface area contributed by atoms with Gasteiger partial charge in [0.1, 0.15) is 12.6 Å². The number of carboxylic acid groups (broad SMARTS) is 1. The average molecular weight is 419 g/mol. The molecule has 0 radical (unpaired) electrons. The number of rotatable bonds is 9. The second kappa shape index (κ2) is 10.3. The highest BCUT2D eigenvalue weighted by Crippen LogP contribution is 2.35. The molecule has 162 valence electrons. The van der Waals surface area contributed by atoms with Crippen LogP contribution >= 0.6 is 0 Å². The van der Waals surface area contributed by atoms with Crippen molar-refractivity contribution in [1.82, 2.24) is 4.90 Å². The lowest BCUT2D eigenvalue weighted by molar-refractivity contribution is -0.142. The molecular weight excluding hydrogens is 396 g/mol. The van der Waals surface area contributed by atoms with E-state index in [2.05, 4.69) is 0 Å². The largest absolute Gasteiger partial charge is 0.733 e. The summed E-state index contributed by atoms with van der Waals surface area (Å²) in [5.41, 5.74) is 0.679. The molecule has 0 fully saturated rings. The van der Waals surface area contributed by atoms with E-state index in [1.807, 2.05) is 0 Å². The molecule has 2 aromatic rings. The van der Waals surface area contributed by atoms with Gasteiger partial charge in [-0.2, -0.15) is 0 Å². The number of amides is 1. The number of likely N-dealkylation sites (N-methyl/N-ethyl adjacent to an activating group) is 1. The van der Waals surface area contributed by atoms with Gasteiger partial charge in [0.15, 0.2) is 11.5 Å². The number of ether oxygens (including phenoxy) is 3. The van der Waals surface area contributed by atoms with Gasteiger partial charge >= 0.3 is 12.1 Å². The maximum Gasteiger partial charge on any atom is 0.410 e. The standard InChI is InChI=1S/C20H23N2O8/c1-21(16(19(23)24)9-13-7-5-4-6-8-13)20(25)30-12-14-10-17(28-2)18(29-3)11-15(14)22(26)27/h4-8,10-11,16,26H,9,12H2,1-3H3,(H,23,24)/q-1. The van der Waals surface area contributed by atoms with Gasteiger partial charge in [0.05, 0.1) is 19.9 Å². The highest BCUT2D eigenvalue weighted by molar-refractivity contribution is 5.80. The zero-order chi connectivity index (χ0) is 22.3. The zero-order valence-electron chi connectivity index (χ0n) is 16.8. The molecule has 10 nitrogen and oxygen atoms in total. The monoisotopic (exact) mass is 419 g/mol. The lowest BCUT2D eigenvalue weighted by atomic mass is 10.1. The van der Waals surface area contributed by atoms with Crippen molar-refractivity contribution in [1.29, 1.82) is 0 Å². The molecule has 1 amide bonds. The van der Waals surface area contributed by atoms with Gasteiger partial charge in [0.2, 0.25) is 0 Å². The quantitative estimate of drug-likeness (QED) is 0.589. The Hall–Kier alpha value is -3.50. The van der Waals surface area contributed by atoms with Crippen molar-refractivity contribution in [3.63, 3.8) is 0 Å². The molecule has 0 saturated heterocycles. The van der Waals surface area contributed by atoms with Gasteiger partial charge in [-0.3, -0.25) is 10.1 Å². The summed E-state index contributed by atoms with van der Waals surface area (Å²) in [6.07, 6.45) is -0.816. The number of methoxy groups -OCH3 is 2. The Morgan fingerprint density at radius 1 is 1.10 bits per heavy atom. The third-order valence-electron chi connectivity index (χ3n) is 4.45. The van der Waals surface area contributed by atoms with Gasteiger partial charge in [0, 0.05) is 25.1 Å². The van der Waals surface area contributed by atoms with Gasteiger partial charge in [-0.1, -0.05) is 30.3 Å². The van der Waals surface area contributed by atoms with E-state index in [1.54, 1.807) is 30.3 Å². The second-order valence-corrected chi connectivity index (χ2v) is 6.32. The highest BCUT2D eigenvalue weighted by atomic mass is 16.8. The van der Waals surface area contributed by atoms with Gasteiger partial charge in [-0.05, 0) is 11.6 Å². The number of anilines is 1. The van der Waals surface area contributed by atoms with Crippen LogP contribution < -0.4 is 14.7 Å². The van der Waals surface area contributed by atoms with Crippen molar-refractivity contribution < 1.29 is 34.1 Å². The van der Waals surface area contributed by atoms with Crippen molar-refractivity contribution >= 4 is 17.7 Å². The van der Waals surface area contributed by atoms with Gasteiger partial charge < -0.3 is 29.8 Å². The van der Waals surface area contributed by atoms with Crippen LogP contribution in [0, 0.1) is 5.21 Å². The Morgan fingerprint density at radius 3 is 2.23 bits per heavy atom. The molecule has 0 bridgehead atoms.